The van der Waals surface area contributed by atoms with Crippen LogP contribution in [0.4, 0.5) is 4.39 Å². The van der Waals surface area contributed by atoms with Crippen LogP contribution in [0, 0.1) is 12.7 Å². The van der Waals surface area contributed by atoms with Gasteiger partial charge in [0.25, 0.3) is 11.8 Å². The average molecular weight is 392 g/mol. The molecule has 0 saturated carbocycles. The highest BCUT2D eigenvalue weighted by Crippen LogP contribution is 2.15. The van der Waals surface area contributed by atoms with Crippen molar-refractivity contribution in [2.75, 3.05) is 0 Å². The Morgan fingerprint density at radius 3 is 2.34 bits per heavy atom. The molecule has 6 heteroatoms. The summed E-state index contributed by atoms with van der Waals surface area (Å²) in [6.45, 7) is 3.70. The maximum atomic E-state index is 13.1. The fraction of sp³-hybridized carbons (Fsp3) is 0.130. The molecule has 29 heavy (non-hydrogen) atoms. The summed E-state index contributed by atoms with van der Waals surface area (Å²) in [5, 5.41) is 5.45. The van der Waals surface area contributed by atoms with E-state index in [0.717, 1.165) is 11.1 Å². The zero-order valence-corrected chi connectivity index (χ0v) is 16.1. The smallest absolute Gasteiger partial charge is 0.268 e. The van der Waals surface area contributed by atoms with Gasteiger partial charge in [-0.25, -0.2) is 4.39 Å². The molecule has 0 unspecified atom stereocenters. The standard InChI is InChI=1S/C23H21FN2O3/c1-15-5-7-18(8-6-15)22(27)26-21(14-20-4-3-13-29-20)23(28)25-16(2)17-9-11-19(24)12-10-17/h3-14,16H,1-2H3,(H,25,28)(H,26,27)/b21-14-/t16-/m0/s1. The first-order chi connectivity index (χ1) is 13.9. The number of amides is 2. The lowest BCUT2D eigenvalue weighted by atomic mass is 10.1. The topological polar surface area (TPSA) is 71.3 Å². The second-order valence-corrected chi connectivity index (χ2v) is 6.64. The summed E-state index contributed by atoms with van der Waals surface area (Å²) in [4.78, 5) is 25.4. The van der Waals surface area contributed by atoms with Crippen LogP contribution < -0.4 is 10.6 Å². The fourth-order valence-electron chi connectivity index (χ4n) is 2.68. The predicted molar refractivity (Wildman–Crippen MR) is 108 cm³/mol. The van der Waals surface area contributed by atoms with Gasteiger partial charge in [0.2, 0.25) is 0 Å². The molecule has 0 aliphatic rings. The number of furan rings is 1. The molecule has 0 spiro atoms. The van der Waals surface area contributed by atoms with Gasteiger partial charge in [-0.1, -0.05) is 29.8 Å². The first-order valence-electron chi connectivity index (χ1n) is 9.12. The monoisotopic (exact) mass is 392 g/mol. The van der Waals surface area contributed by atoms with Crippen LogP contribution in [0.3, 0.4) is 0 Å². The molecular formula is C23H21FN2O3. The van der Waals surface area contributed by atoms with Crippen molar-refractivity contribution in [3.63, 3.8) is 0 Å². The molecule has 2 amide bonds. The minimum Gasteiger partial charge on any atom is -0.465 e. The van der Waals surface area contributed by atoms with Crippen LogP contribution in [0.2, 0.25) is 0 Å². The zero-order valence-electron chi connectivity index (χ0n) is 16.1. The van der Waals surface area contributed by atoms with Gasteiger partial charge in [-0.05, 0) is 55.8 Å². The van der Waals surface area contributed by atoms with Crippen LogP contribution in [0.25, 0.3) is 6.08 Å². The molecule has 3 rings (SSSR count). The maximum absolute atomic E-state index is 13.1. The molecule has 148 valence electrons. The number of carbonyl (C=O) groups excluding carboxylic acids is 2. The lowest BCUT2D eigenvalue weighted by Gasteiger charge is -2.16. The van der Waals surface area contributed by atoms with E-state index in [4.69, 9.17) is 4.42 Å². The summed E-state index contributed by atoms with van der Waals surface area (Å²) in [6, 6.07) is 15.8. The van der Waals surface area contributed by atoms with Crippen molar-refractivity contribution in [2.45, 2.75) is 19.9 Å². The Bertz CT molecular complexity index is 1010. The first kappa shape index (κ1) is 20.1. The van der Waals surface area contributed by atoms with Crippen molar-refractivity contribution in [1.82, 2.24) is 10.6 Å². The van der Waals surface area contributed by atoms with E-state index in [9.17, 15) is 14.0 Å². The zero-order chi connectivity index (χ0) is 20.8. The Kier molecular flexibility index (Phi) is 6.24. The van der Waals surface area contributed by atoms with Crippen molar-refractivity contribution < 1.29 is 18.4 Å². The molecule has 3 aromatic rings. The highest BCUT2D eigenvalue weighted by Gasteiger charge is 2.18. The number of nitrogens with one attached hydrogen (secondary N) is 2. The highest BCUT2D eigenvalue weighted by molar-refractivity contribution is 6.05. The van der Waals surface area contributed by atoms with Gasteiger partial charge in [0.05, 0.1) is 12.3 Å². The second kappa shape index (κ2) is 9.01. The van der Waals surface area contributed by atoms with Gasteiger partial charge in [0, 0.05) is 11.6 Å². The van der Waals surface area contributed by atoms with Gasteiger partial charge in [-0.15, -0.1) is 0 Å². The van der Waals surface area contributed by atoms with E-state index in [1.807, 2.05) is 19.1 Å². The lowest BCUT2D eigenvalue weighted by Crippen LogP contribution is -2.36. The third kappa shape index (κ3) is 5.42. The number of benzene rings is 2. The Morgan fingerprint density at radius 1 is 1.03 bits per heavy atom. The molecule has 0 fully saturated rings. The molecule has 2 N–H and O–H groups in total. The maximum Gasteiger partial charge on any atom is 0.268 e. The molecule has 0 radical (unpaired) electrons. The highest BCUT2D eigenvalue weighted by atomic mass is 19.1. The Hall–Kier alpha value is -3.67. The van der Waals surface area contributed by atoms with E-state index in [1.54, 1.807) is 43.3 Å². The van der Waals surface area contributed by atoms with Gasteiger partial charge < -0.3 is 15.1 Å². The molecule has 0 bridgehead atoms. The predicted octanol–water partition coefficient (Wildman–Crippen LogP) is 4.38. The largest absolute Gasteiger partial charge is 0.465 e. The van der Waals surface area contributed by atoms with E-state index in [2.05, 4.69) is 10.6 Å². The molecule has 0 aliphatic carbocycles. The van der Waals surface area contributed by atoms with E-state index in [1.165, 1.54) is 24.5 Å². The van der Waals surface area contributed by atoms with Crippen LogP contribution in [0.1, 0.15) is 40.2 Å². The second-order valence-electron chi connectivity index (χ2n) is 6.64. The first-order valence-corrected chi connectivity index (χ1v) is 9.12. The van der Waals surface area contributed by atoms with Crippen molar-refractivity contribution in [3.05, 3.63) is 101 Å². The van der Waals surface area contributed by atoms with Crippen molar-refractivity contribution >= 4 is 17.9 Å². The minimum absolute atomic E-state index is 0.0412. The molecule has 0 saturated heterocycles. The van der Waals surface area contributed by atoms with Gasteiger partial charge in [-0.2, -0.15) is 0 Å². The van der Waals surface area contributed by atoms with Crippen LogP contribution in [0.5, 0.6) is 0 Å². The number of hydrogen-bond donors (Lipinski definition) is 2. The van der Waals surface area contributed by atoms with Gasteiger partial charge >= 0.3 is 0 Å². The van der Waals surface area contributed by atoms with Crippen molar-refractivity contribution in [3.8, 4) is 0 Å². The van der Waals surface area contributed by atoms with E-state index < -0.39 is 11.8 Å². The van der Waals surface area contributed by atoms with Gasteiger partial charge in [0.1, 0.15) is 17.3 Å². The number of carbonyl (C=O) groups is 2. The summed E-state index contributed by atoms with van der Waals surface area (Å²) in [5.41, 5.74) is 2.24. The molecule has 5 nitrogen and oxygen atoms in total. The molecule has 2 aromatic carbocycles. The normalized spacial score (nSPS) is 12.3. The number of hydrogen-bond acceptors (Lipinski definition) is 3. The summed E-state index contributed by atoms with van der Waals surface area (Å²) >= 11 is 0. The third-order valence-corrected chi connectivity index (χ3v) is 4.35. The van der Waals surface area contributed by atoms with Crippen LogP contribution in [-0.2, 0) is 4.79 Å². The van der Waals surface area contributed by atoms with Gasteiger partial charge in [0.15, 0.2) is 0 Å². The van der Waals surface area contributed by atoms with Crippen LogP contribution in [0.15, 0.2) is 77.0 Å². The summed E-state index contributed by atoms with van der Waals surface area (Å²) in [6.07, 6.45) is 2.93. The van der Waals surface area contributed by atoms with E-state index >= 15 is 0 Å². The van der Waals surface area contributed by atoms with Gasteiger partial charge in [-0.3, -0.25) is 9.59 Å². The molecule has 1 aromatic heterocycles. The van der Waals surface area contributed by atoms with Crippen molar-refractivity contribution in [1.29, 1.82) is 0 Å². The fourth-order valence-corrected chi connectivity index (χ4v) is 2.68. The SMILES string of the molecule is Cc1ccc(C(=O)N/C(=C\c2ccco2)C(=O)N[C@@H](C)c2ccc(F)cc2)cc1. The summed E-state index contributed by atoms with van der Waals surface area (Å²) in [5.74, 6) is -0.823. The van der Waals surface area contributed by atoms with Crippen molar-refractivity contribution in [2.24, 2.45) is 0 Å². The Labute approximate surface area is 168 Å². The Morgan fingerprint density at radius 2 is 1.72 bits per heavy atom. The van der Waals surface area contributed by atoms with Crippen LogP contribution in [-0.4, -0.2) is 11.8 Å². The average Bonchev–Trinajstić information content (AvgIpc) is 3.21. The number of rotatable bonds is 6. The van der Waals surface area contributed by atoms with Crippen LogP contribution >= 0.6 is 0 Å². The molecule has 1 heterocycles. The molecule has 1 atom stereocenters. The van der Waals surface area contributed by atoms with E-state index in [-0.39, 0.29) is 17.6 Å². The number of halogens is 1. The molecule has 0 aliphatic heterocycles. The molecular weight excluding hydrogens is 371 g/mol. The summed E-state index contributed by atoms with van der Waals surface area (Å²) in [7, 11) is 0. The lowest BCUT2D eigenvalue weighted by molar-refractivity contribution is -0.118. The third-order valence-electron chi connectivity index (χ3n) is 4.35. The minimum atomic E-state index is -0.487. The van der Waals surface area contributed by atoms with E-state index in [0.29, 0.717) is 11.3 Å². The summed E-state index contributed by atoms with van der Waals surface area (Å²) < 4.78 is 18.4. The Balaban J connectivity index is 1.79. The quantitative estimate of drug-likeness (QED) is 0.612. The number of aryl methyl sites for hydroxylation is 1.